The number of hydrogen-bond acceptors (Lipinski definition) is 6. The normalized spacial score (nSPS) is 17.9. The van der Waals surface area contributed by atoms with E-state index in [2.05, 4.69) is 15.2 Å². The van der Waals surface area contributed by atoms with Gasteiger partial charge in [-0.15, -0.1) is 11.3 Å². The van der Waals surface area contributed by atoms with Crippen molar-refractivity contribution in [2.75, 3.05) is 31.6 Å². The Kier molecular flexibility index (Phi) is 5.90. The molecule has 7 heteroatoms. The molecule has 0 spiro atoms. The van der Waals surface area contributed by atoms with Crippen LogP contribution in [0.15, 0.2) is 5.38 Å². The SMILES string of the molecule is CCCC(N)C(=O)Nc1nc(CN2CCOCC2)cs1. The number of morpholine rings is 1. The molecule has 0 bridgehead atoms. The van der Waals surface area contributed by atoms with Crippen molar-refractivity contribution < 1.29 is 9.53 Å². The van der Waals surface area contributed by atoms with Crippen molar-refractivity contribution in [1.29, 1.82) is 0 Å². The number of amides is 1. The number of anilines is 1. The molecule has 1 aromatic heterocycles. The number of carbonyl (C=O) groups is 1. The van der Waals surface area contributed by atoms with Gasteiger partial charge in [-0.3, -0.25) is 9.69 Å². The van der Waals surface area contributed by atoms with Crippen molar-refractivity contribution in [3.8, 4) is 0 Å². The van der Waals surface area contributed by atoms with E-state index in [1.54, 1.807) is 0 Å². The average molecular weight is 298 g/mol. The molecule has 112 valence electrons. The van der Waals surface area contributed by atoms with Gasteiger partial charge in [0.1, 0.15) is 0 Å². The average Bonchev–Trinajstić information content (AvgIpc) is 2.87. The minimum atomic E-state index is -0.452. The van der Waals surface area contributed by atoms with Gasteiger partial charge in [0.05, 0.1) is 24.9 Å². The molecule has 1 amide bonds. The lowest BCUT2D eigenvalue weighted by Gasteiger charge is -2.25. The summed E-state index contributed by atoms with van der Waals surface area (Å²) >= 11 is 1.45. The summed E-state index contributed by atoms with van der Waals surface area (Å²) in [6, 6.07) is -0.452. The molecule has 0 aromatic carbocycles. The second kappa shape index (κ2) is 7.68. The van der Waals surface area contributed by atoms with Crippen LogP contribution < -0.4 is 11.1 Å². The molecule has 1 fully saturated rings. The van der Waals surface area contributed by atoms with Gasteiger partial charge >= 0.3 is 0 Å². The quantitative estimate of drug-likeness (QED) is 0.820. The van der Waals surface area contributed by atoms with Gasteiger partial charge in [-0.1, -0.05) is 13.3 Å². The molecule has 1 atom stereocenters. The van der Waals surface area contributed by atoms with Gasteiger partial charge < -0.3 is 15.8 Å². The van der Waals surface area contributed by atoms with Crippen LogP contribution in [0.4, 0.5) is 5.13 Å². The fourth-order valence-corrected chi connectivity index (χ4v) is 2.77. The van der Waals surface area contributed by atoms with E-state index in [4.69, 9.17) is 10.5 Å². The third-order valence-electron chi connectivity index (χ3n) is 3.21. The van der Waals surface area contributed by atoms with Crippen LogP contribution in [0.5, 0.6) is 0 Å². The first-order chi connectivity index (χ1) is 9.69. The number of hydrogen-bond donors (Lipinski definition) is 2. The summed E-state index contributed by atoms with van der Waals surface area (Å²) in [6.45, 7) is 6.23. The number of ether oxygens (including phenoxy) is 1. The fraction of sp³-hybridized carbons (Fsp3) is 0.692. The van der Waals surface area contributed by atoms with Crippen molar-refractivity contribution in [2.45, 2.75) is 32.4 Å². The van der Waals surface area contributed by atoms with Crippen molar-refractivity contribution in [1.82, 2.24) is 9.88 Å². The summed E-state index contributed by atoms with van der Waals surface area (Å²) in [7, 11) is 0. The van der Waals surface area contributed by atoms with Crippen molar-refractivity contribution in [3.63, 3.8) is 0 Å². The number of nitrogens with zero attached hydrogens (tertiary/aromatic N) is 2. The second-order valence-electron chi connectivity index (χ2n) is 4.92. The van der Waals surface area contributed by atoms with Gasteiger partial charge in [-0.25, -0.2) is 4.98 Å². The number of nitrogens with two attached hydrogens (primary N) is 1. The van der Waals surface area contributed by atoms with Gasteiger partial charge in [0.25, 0.3) is 0 Å². The van der Waals surface area contributed by atoms with Crippen LogP contribution in [0.2, 0.25) is 0 Å². The van der Waals surface area contributed by atoms with E-state index in [1.807, 2.05) is 12.3 Å². The van der Waals surface area contributed by atoms with Crippen LogP contribution >= 0.6 is 11.3 Å². The predicted octanol–water partition coefficient (Wildman–Crippen LogP) is 1.04. The summed E-state index contributed by atoms with van der Waals surface area (Å²) in [6.07, 6.45) is 1.59. The first-order valence-electron chi connectivity index (χ1n) is 7.00. The first kappa shape index (κ1) is 15.4. The van der Waals surface area contributed by atoms with Crippen LogP contribution in [0, 0.1) is 0 Å². The molecular formula is C13H22N4O2S. The van der Waals surface area contributed by atoms with Crippen LogP contribution in [-0.4, -0.2) is 48.1 Å². The Labute approximate surface area is 123 Å². The highest BCUT2D eigenvalue weighted by Crippen LogP contribution is 2.17. The third-order valence-corrected chi connectivity index (χ3v) is 4.01. The Morgan fingerprint density at radius 1 is 1.60 bits per heavy atom. The van der Waals surface area contributed by atoms with Gasteiger partial charge in [-0.05, 0) is 6.42 Å². The summed E-state index contributed by atoms with van der Waals surface area (Å²) in [5.41, 5.74) is 6.76. The Balaban J connectivity index is 1.83. The van der Waals surface area contributed by atoms with E-state index in [-0.39, 0.29) is 5.91 Å². The number of aromatic nitrogens is 1. The zero-order valence-corrected chi connectivity index (χ0v) is 12.6. The Morgan fingerprint density at radius 3 is 3.05 bits per heavy atom. The monoisotopic (exact) mass is 298 g/mol. The molecule has 1 saturated heterocycles. The zero-order valence-electron chi connectivity index (χ0n) is 11.8. The number of thiazole rings is 1. The molecule has 1 aliphatic rings. The molecule has 0 radical (unpaired) electrons. The predicted molar refractivity (Wildman–Crippen MR) is 79.7 cm³/mol. The largest absolute Gasteiger partial charge is 0.379 e. The van der Waals surface area contributed by atoms with E-state index in [1.165, 1.54) is 11.3 Å². The maximum absolute atomic E-state index is 11.8. The molecule has 1 aliphatic heterocycles. The van der Waals surface area contributed by atoms with Gasteiger partial charge in [-0.2, -0.15) is 0 Å². The molecule has 2 rings (SSSR count). The smallest absolute Gasteiger partial charge is 0.243 e. The van der Waals surface area contributed by atoms with E-state index in [0.717, 1.165) is 45.0 Å². The summed E-state index contributed by atoms with van der Waals surface area (Å²) in [4.78, 5) is 18.5. The highest BCUT2D eigenvalue weighted by Gasteiger charge is 2.16. The highest BCUT2D eigenvalue weighted by molar-refractivity contribution is 7.13. The van der Waals surface area contributed by atoms with Crippen molar-refractivity contribution in [2.24, 2.45) is 5.73 Å². The Morgan fingerprint density at radius 2 is 2.35 bits per heavy atom. The molecule has 20 heavy (non-hydrogen) atoms. The van der Waals surface area contributed by atoms with Gasteiger partial charge in [0, 0.05) is 25.0 Å². The number of rotatable bonds is 6. The summed E-state index contributed by atoms with van der Waals surface area (Å²) in [5, 5.41) is 5.40. The lowest BCUT2D eigenvalue weighted by atomic mass is 10.2. The summed E-state index contributed by atoms with van der Waals surface area (Å²) in [5.74, 6) is -0.154. The standard InChI is InChI=1S/C13H22N4O2S/c1-2-3-11(14)12(18)16-13-15-10(9-20-13)8-17-4-6-19-7-5-17/h9,11H,2-8,14H2,1H3,(H,15,16,18). The fourth-order valence-electron chi connectivity index (χ4n) is 2.07. The molecule has 6 nitrogen and oxygen atoms in total. The summed E-state index contributed by atoms with van der Waals surface area (Å²) < 4.78 is 5.31. The van der Waals surface area contributed by atoms with E-state index < -0.39 is 6.04 Å². The minimum absolute atomic E-state index is 0.154. The van der Waals surface area contributed by atoms with Crippen LogP contribution in [0.25, 0.3) is 0 Å². The molecule has 3 N–H and O–H groups in total. The maximum atomic E-state index is 11.8. The minimum Gasteiger partial charge on any atom is -0.379 e. The zero-order chi connectivity index (χ0) is 14.4. The maximum Gasteiger partial charge on any atom is 0.243 e. The van der Waals surface area contributed by atoms with Crippen LogP contribution in [0.3, 0.4) is 0 Å². The molecular weight excluding hydrogens is 276 g/mol. The lowest BCUT2D eigenvalue weighted by Crippen LogP contribution is -2.36. The second-order valence-corrected chi connectivity index (χ2v) is 5.78. The molecule has 2 heterocycles. The van der Waals surface area contributed by atoms with E-state index >= 15 is 0 Å². The Hall–Kier alpha value is -1.02. The molecule has 0 aliphatic carbocycles. The van der Waals surface area contributed by atoms with Gasteiger partial charge in [0.2, 0.25) is 5.91 Å². The van der Waals surface area contributed by atoms with Gasteiger partial charge in [0.15, 0.2) is 5.13 Å². The first-order valence-corrected chi connectivity index (χ1v) is 7.88. The molecule has 1 unspecified atom stereocenters. The van der Waals surface area contributed by atoms with Crippen LogP contribution in [-0.2, 0) is 16.1 Å². The van der Waals surface area contributed by atoms with E-state index in [9.17, 15) is 4.79 Å². The molecule has 0 saturated carbocycles. The number of nitrogens with one attached hydrogen (secondary N) is 1. The van der Waals surface area contributed by atoms with Crippen molar-refractivity contribution in [3.05, 3.63) is 11.1 Å². The van der Waals surface area contributed by atoms with Crippen LogP contribution in [0.1, 0.15) is 25.5 Å². The number of carbonyl (C=O) groups excluding carboxylic acids is 1. The lowest BCUT2D eigenvalue weighted by molar-refractivity contribution is -0.117. The highest BCUT2D eigenvalue weighted by atomic mass is 32.1. The topological polar surface area (TPSA) is 80.5 Å². The molecule has 1 aromatic rings. The van der Waals surface area contributed by atoms with Crippen molar-refractivity contribution >= 4 is 22.4 Å². The third kappa shape index (κ3) is 4.52. The van der Waals surface area contributed by atoms with E-state index in [0.29, 0.717) is 11.6 Å². The Bertz CT molecular complexity index is 432.